The van der Waals surface area contributed by atoms with E-state index in [9.17, 15) is 10.1 Å². The standard InChI is InChI=1S/C23H27N6O5P/c1-15(2)32-21(30)12-28-35(34-17-6-4-3-5-7-17)31-13-18-10-16(11-24)22(33-18)19-8-9-20-23(25)26-14-27-29(19)20/h3-9,14-16,18,22,28H,10,12-13H2,1-2H3,(H2,25,26,27)/t16-,18+,22-,35?/m1/s1. The molecule has 3 N–H and O–H groups in total. The van der Waals surface area contributed by atoms with E-state index in [0.29, 0.717) is 23.5 Å². The van der Waals surface area contributed by atoms with Gasteiger partial charge in [0, 0.05) is 0 Å². The highest BCUT2D eigenvalue weighted by atomic mass is 31.2. The van der Waals surface area contributed by atoms with Crippen molar-refractivity contribution in [2.45, 2.75) is 38.6 Å². The van der Waals surface area contributed by atoms with Gasteiger partial charge in [0.2, 0.25) is 0 Å². The molecule has 0 aliphatic carbocycles. The Kier molecular flexibility index (Phi) is 8.10. The zero-order chi connectivity index (χ0) is 24.8. The molecule has 0 saturated carbocycles. The maximum absolute atomic E-state index is 12.0. The van der Waals surface area contributed by atoms with Crippen LogP contribution in [-0.2, 0) is 18.8 Å². The lowest BCUT2D eigenvalue weighted by atomic mass is 9.99. The Morgan fingerprint density at radius 1 is 1.34 bits per heavy atom. The van der Waals surface area contributed by atoms with Crippen LogP contribution in [0.3, 0.4) is 0 Å². The lowest BCUT2D eigenvalue weighted by molar-refractivity contribution is -0.145. The highest BCUT2D eigenvalue weighted by molar-refractivity contribution is 7.45. The Labute approximate surface area is 204 Å². The molecule has 1 saturated heterocycles. The van der Waals surface area contributed by atoms with Crippen LogP contribution in [0.2, 0.25) is 0 Å². The van der Waals surface area contributed by atoms with Crippen molar-refractivity contribution in [2.24, 2.45) is 5.92 Å². The van der Waals surface area contributed by atoms with Gasteiger partial charge in [0.15, 0.2) is 5.82 Å². The van der Waals surface area contributed by atoms with Gasteiger partial charge in [-0.25, -0.2) is 14.6 Å². The van der Waals surface area contributed by atoms with Crippen molar-refractivity contribution < 1.29 is 23.3 Å². The zero-order valence-corrected chi connectivity index (χ0v) is 20.3. The van der Waals surface area contributed by atoms with Gasteiger partial charge in [0.1, 0.15) is 30.2 Å². The van der Waals surface area contributed by atoms with E-state index in [0.717, 1.165) is 5.69 Å². The summed E-state index contributed by atoms with van der Waals surface area (Å²) in [6, 6.07) is 15.1. The molecule has 1 unspecified atom stereocenters. The highest BCUT2D eigenvalue weighted by Gasteiger charge is 2.39. The number of hydrogen-bond acceptors (Lipinski definition) is 10. The van der Waals surface area contributed by atoms with E-state index in [1.54, 1.807) is 36.6 Å². The molecule has 2 aromatic heterocycles. The number of nitrogen functional groups attached to an aromatic ring is 1. The van der Waals surface area contributed by atoms with Gasteiger partial charge in [-0.15, -0.1) is 0 Å². The van der Waals surface area contributed by atoms with Crippen molar-refractivity contribution in [1.29, 1.82) is 5.26 Å². The number of ether oxygens (including phenoxy) is 2. The number of esters is 1. The number of rotatable bonds is 10. The fourth-order valence-corrected chi connectivity index (χ4v) is 4.80. The first-order chi connectivity index (χ1) is 16.9. The number of benzene rings is 1. The molecule has 184 valence electrons. The average Bonchev–Trinajstić information content (AvgIpc) is 3.45. The zero-order valence-electron chi connectivity index (χ0n) is 19.4. The minimum atomic E-state index is -1.68. The van der Waals surface area contributed by atoms with Gasteiger partial charge >= 0.3 is 14.5 Å². The molecule has 4 atom stereocenters. The van der Waals surface area contributed by atoms with Crippen LogP contribution in [0, 0.1) is 17.2 Å². The summed E-state index contributed by atoms with van der Waals surface area (Å²) in [7, 11) is -1.68. The van der Waals surface area contributed by atoms with Crippen molar-refractivity contribution in [3.8, 4) is 11.8 Å². The number of nitrogens with one attached hydrogen (secondary N) is 1. The molecule has 1 aliphatic rings. The number of hydrogen-bond donors (Lipinski definition) is 2. The Morgan fingerprint density at radius 2 is 2.14 bits per heavy atom. The lowest BCUT2D eigenvalue weighted by Gasteiger charge is -2.20. The second kappa shape index (κ2) is 11.4. The van der Waals surface area contributed by atoms with Gasteiger partial charge in [-0.3, -0.25) is 4.79 Å². The number of carbonyl (C=O) groups excluding carboxylic acids is 1. The quantitative estimate of drug-likeness (QED) is 0.316. The van der Waals surface area contributed by atoms with Crippen LogP contribution in [0.4, 0.5) is 5.82 Å². The molecular formula is C23H27N6O5P. The molecule has 4 rings (SSSR count). The molecule has 1 aliphatic heterocycles. The minimum absolute atomic E-state index is 0.0665. The number of anilines is 1. The smallest absolute Gasteiger partial charge is 0.320 e. The van der Waals surface area contributed by atoms with Gasteiger partial charge in [0.25, 0.3) is 0 Å². The average molecular weight is 498 g/mol. The Morgan fingerprint density at radius 3 is 2.89 bits per heavy atom. The normalized spacial score (nSPS) is 20.6. The molecule has 12 heteroatoms. The second-order valence-electron chi connectivity index (χ2n) is 8.18. The topological polar surface area (TPSA) is 146 Å². The van der Waals surface area contributed by atoms with Gasteiger partial charge in [-0.1, -0.05) is 18.2 Å². The van der Waals surface area contributed by atoms with E-state index >= 15 is 0 Å². The van der Waals surface area contributed by atoms with Crippen LogP contribution in [0.5, 0.6) is 5.75 Å². The third-order valence-electron chi connectivity index (χ3n) is 5.22. The van der Waals surface area contributed by atoms with Crippen molar-refractivity contribution in [2.75, 3.05) is 18.9 Å². The molecule has 0 spiro atoms. The minimum Gasteiger partial charge on any atom is -0.462 e. The third kappa shape index (κ3) is 6.24. The first-order valence-electron chi connectivity index (χ1n) is 11.2. The Balaban J connectivity index is 1.41. The summed E-state index contributed by atoms with van der Waals surface area (Å²) in [6.45, 7) is 3.67. The summed E-state index contributed by atoms with van der Waals surface area (Å²) >= 11 is 0. The van der Waals surface area contributed by atoms with E-state index in [-0.39, 0.29) is 25.4 Å². The van der Waals surface area contributed by atoms with Gasteiger partial charge in [0.05, 0.1) is 36.5 Å². The molecule has 1 fully saturated rings. The van der Waals surface area contributed by atoms with E-state index in [1.807, 2.05) is 24.3 Å². The van der Waals surface area contributed by atoms with Crippen molar-refractivity contribution >= 4 is 25.8 Å². The Hall–Kier alpha value is -3.29. The number of carbonyl (C=O) groups is 1. The molecule has 35 heavy (non-hydrogen) atoms. The summed E-state index contributed by atoms with van der Waals surface area (Å²) in [6.07, 6.45) is 0.763. The first-order valence-corrected chi connectivity index (χ1v) is 12.3. The number of nitrogens with zero attached hydrogens (tertiary/aromatic N) is 4. The van der Waals surface area contributed by atoms with Crippen LogP contribution in [0.1, 0.15) is 32.1 Å². The largest absolute Gasteiger partial charge is 0.462 e. The molecule has 0 bridgehead atoms. The molecule has 0 amide bonds. The number of para-hydroxylation sites is 1. The second-order valence-corrected chi connectivity index (χ2v) is 9.45. The summed E-state index contributed by atoms with van der Waals surface area (Å²) in [5, 5.41) is 17.0. The van der Waals surface area contributed by atoms with E-state index in [2.05, 4.69) is 21.2 Å². The lowest BCUT2D eigenvalue weighted by Crippen LogP contribution is -2.26. The monoisotopic (exact) mass is 498 g/mol. The number of nitriles is 1. The van der Waals surface area contributed by atoms with Crippen LogP contribution in [0.15, 0.2) is 48.8 Å². The molecule has 3 heterocycles. The van der Waals surface area contributed by atoms with E-state index < -0.39 is 26.5 Å². The predicted molar refractivity (Wildman–Crippen MR) is 128 cm³/mol. The number of aromatic nitrogens is 3. The fourth-order valence-electron chi connectivity index (χ4n) is 3.72. The van der Waals surface area contributed by atoms with E-state index in [1.165, 1.54) is 6.33 Å². The fraction of sp³-hybridized carbons (Fsp3) is 0.391. The van der Waals surface area contributed by atoms with Crippen molar-refractivity contribution in [3.05, 3.63) is 54.5 Å². The van der Waals surface area contributed by atoms with Crippen LogP contribution >= 0.6 is 8.53 Å². The molecule has 11 nitrogen and oxygen atoms in total. The van der Waals surface area contributed by atoms with Gasteiger partial charge in [-0.2, -0.15) is 10.4 Å². The summed E-state index contributed by atoms with van der Waals surface area (Å²) in [5.74, 6) is 0.146. The first kappa shape index (κ1) is 24.8. The summed E-state index contributed by atoms with van der Waals surface area (Å²) < 4.78 is 24.9. The molecule has 3 aromatic rings. The highest BCUT2D eigenvalue weighted by Crippen LogP contribution is 2.41. The summed E-state index contributed by atoms with van der Waals surface area (Å²) in [4.78, 5) is 16.0. The summed E-state index contributed by atoms with van der Waals surface area (Å²) in [5.41, 5.74) is 7.31. The maximum Gasteiger partial charge on any atom is 0.320 e. The van der Waals surface area contributed by atoms with Gasteiger partial charge < -0.3 is 24.3 Å². The maximum atomic E-state index is 12.0. The third-order valence-corrected chi connectivity index (χ3v) is 6.40. The van der Waals surface area contributed by atoms with Gasteiger partial charge in [-0.05, 0) is 44.5 Å². The van der Waals surface area contributed by atoms with Crippen molar-refractivity contribution in [3.63, 3.8) is 0 Å². The predicted octanol–water partition coefficient (Wildman–Crippen LogP) is 3.14. The van der Waals surface area contributed by atoms with Crippen LogP contribution in [-0.4, -0.2) is 45.9 Å². The van der Waals surface area contributed by atoms with Crippen LogP contribution < -0.4 is 15.3 Å². The molecule has 0 radical (unpaired) electrons. The number of nitrogens with two attached hydrogens (primary N) is 1. The van der Waals surface area contributed by atoms with Crippen LogP contribution in [0.25, 0.3) is 5.52 Å². The molecular weight excluding hydrogens is 471 g/mol. The van der Waals surface area contributed by atoms with E-state index in [4.69, 9.17) is 24.3 Å². The SMILES string of the molecule is CC(C)OC(=O)CNP(OC[C@@H]1C[C@H](C#N)[C@H](c2ccc3c(N)ncnn23)O1)Oc1ccccc1. The Bertz CT molecular complexity index is 1180. The van der Waals surface area contributed by atoms with Crippen molar-refractivity contribution in [1.82, 2.24) is 19.7 Å². The number of fused-ring (bicyclic) bond motifs is 1. The molecule has 1 aromatic carbocycles.